The van der Waals surface area contributed by atoms with Gasteiger partial charge in [-0.1, -0.05) is 0 Å². The molecular formula is C15H18N4O3S. The molecule has 0 aliphatic carbocycles. The molecule has 0 aromatic carbocycles. The Bertz CT molecular complexity index is 830. The summed E-state index contributed by atoms with van der Waals surface area (Å²) in [5, 5.41) is 0. The van der Waals surface area contributed by atoms with Crippen LogP contribution in [0.15, 0.2) is 16.9 Å². The number of hydrogen-bond acceptors (Lipinski definition) is 6. The molecule has 0 saturated heterocycles. The maximum Gasteiger partial charge on any atom is 0.256 e. The molecule has 0 bridgehead atoms. The van der Waals surface area contributed by atoms with E-state index in [9.17, 15) is 4.79 Å². The molecule has 1 aliphatic rings. The van der Waals surface area contributed by atoms with Crippen LogP contribution in [0, 0.1) is 4.77 Å². The van der Waals surface area contributed by atoms with E-state index in [1.165, 1.54) is 0 Å². The first-order chi connectivity index (χ1) is 11.1. The van der Waals surface area contributed by atoms with Crippen LogP contribution in [0.3, 0.4) is 0 Å². The molecule has 2 aromatic heterocycles. The fourth-order valence-corrected chi connectivity index (χ4v) is 2.97. The molecule has 0 unspecified atom stereocenters. The van der Waals surface area contributed by atoms with E-state index in [-0.39, 0.29) is 5.56 Å². The lowest BCUT2D eigenvalue weighted by atomic mass is 10.1. The number of hydrogen-bond donors (Lipinski definition) is 2. The normalized spacial score (nSPS) is 14.3. The van der Waals surface area contributed by atoms with Gasteiger partial charge in [-0.2, -0.15) is 4.98 Å². The highest BCUT2D eigenvalue weighted by Gasteiger charge is 2.21. The monoisotopic (exact) mass is 334 g/mol. The number of aromatic nitrogens is 3. The van der Waals surface area contributed by atoms with Crippen LogP contribution in [-0.4, -0.2) is 40.6 Å². The van der Waals surface area contributed by atoms with Gasteiger partial charge in [-0.3, -0.25) is 14.7 Å². The van der Waals surface area contributed by atoms with Crippen LogP contribution in [0.5, 0.6) is 11.8 Å². The van der Waals surface area contributed by atoms with E-state index >= 15 is 0 Å². The lowest BCUT2D eigenvalue weighted by Crippen LogP contribution is -2.35. The summed E-state index contributed by atoms with van der Waals surface area (Å²) in [6.45, 7) is 2.04. The molecule has 0 spiro atoms. The number of H-pyrrole nitrogens is 2. The van der Waals surface area contributed by atoms with Gasteiger partial charge in [0.05, 0.1) is 19.8 Å². The molecule has 7 nitrogen and oxygen atoms in total. The molecule has 0 fully saturated rings. The molecule has 2 N–H and O–H groups in total. The summed E-state index contributed by atoms with van der Waals surface area (Å²) in [6.07, 6.45) is 0.759. The number of fused-ring (bicyclic) bond motifs is 1. The van der Waals surface area contributed by atoms with Crippen LogP contribution >= 0.6 is 12.2 Å². The summed E-state index contributed by atoms with van der Waals surface area (Å²) >= 11 is 5.01. The van der Waals surface area contributed by atoms with Crippen LogP contribution in [0.2, 0.25) is 0 Å². The van der Waals surface area contributed by atoms with E-state index in [0.717, 1.165) is 29.8 Å². The molecule has 3 heterocycles. The number of rotatable bonds is 4. The van der Waals surface area contributed by atoms with Gasteiger partial charge in [0.2, 0.25) is 11.8 Å². The Morgan fingerprint density at radius 1 is 1.30 bits per heavy atom. The standard InChI is InChI=1S/C15H18N4O3S/c1-21-12-4-3-9(14(17-12)22-2)7-19-6-5-11-10(8-19)13(20)18-15(23)16-11/h3-4H,5-8H2,1-2H3,(H2,16,18,20,23). The highest BCUT2D eigenvalue weighted by molar-refractivity contribution is 7.71. The van der Waals surface area contributed by atoms with Gasteiger partial charge in [-0.25, -0.2) is 0 Å². The average molecular weight is 334 g/mol. The van der Waals surface area contributed by atoms with Gasteiger partial charge >= 0.3 is 0 Å². The molecule has 3 rings (SSSR count). The lowest BCUT2D eigenvalue weighted by Gasteiger charge is -2.28. The molecule has 23 heavy (non-hydrogen) atoms. The Hall–Kier alpha value is -2.19. The summed E-state index contributed by atoms with van der Waals surface area (Å²) in [7, 11) is 3.15. The average Bonchev–Trinajstić information content (AvgIpc) is 2.55. The maximum atomic E-state index is 12.1. The molecule has 0 atom stereocenters. The third kappa shape index (κ3) is 3.27. The van der Waals surface area contributed by atoms with Crippen molar-refractivity contribution in [1.82, 2.24) is 19.9 Å². The van der Waals surface area contributed by atoms with Crippen LogP contribution in [0.4, 0.5) is 0 Å². The third-order valence-corrected chi connectivity index (χ3v) is 4.10. The summed E-state index contributed by atoms with van der Waals surface area (Å²) < 4.78 is 10.8. The van der Waals surface area contributed by atoms with Gasteiger partial charge in [-0.15, -0.1) is 0 Å². The molecule has 0 saturated carbocycles. The summed E-state index contributed by atoms with van der Waals surface area (Å²) in [5.74, 6) is 1.05. The second kappa shape index (κ2) is 6.51. The molecule has 8 heteroatoms. The van der Waals surface area contributed by atoms with Gasteiger partial charge in [0.15, 0.2) is 4.77 Å². The summed E-state index contributed by atoms with van der Waals surface area (Å²) in [4.78, 5) is 24.3. The van der Waals surface area contributed by atoms with Crippen LogP contribution in [0.25, 0.3) is 0 Å². The van der Waals surface area contributed by atoms with Crippen molar-refractivity contribution >= 4 is 12.2 Å². The second-order valence-corrected chi connectivity index (χ2v) is 5.76. The lowest BCUT2D eigenvalue weighted by molar-refractivity contribution is 0.236. The Morgan fingerprint density at radius 2 is 2.13 bits per heavy atom. The Balaban J connectivity index is 1.83. The Morgan fingerprint density at radius 3 is 2.87 bits per heavy atom. The highest BCUT2D eigenvalue weighted by Crippen LogP contribution is 2.23. The molecule has 0 amide bonds. The Labute approximate surface area is 138 Å². The fraction of sp³-hybridized carbons (Fsp3) is 0.400. The number of nitrogens with zero attached hydrogens (tertiary/aromatic N) is 2. The fourth-order valence-electron chi connectivity index (χ4n) is 2.75. The SMILES string of the molecule is COc1ccc(CN2CCc3[nH]c(=S)[nH]c(=O)c3C2)c(OC)n1. The largest absolute Gasteiger partial charge is 0.481 e. The zero-order valence-corrected chi connectivity index (χ0v) is 13.8. The predicted molar refractivity (Wildman–Crippen MR) is 87.4 cm³/mol. The van der Waals surface area contributed by atoms with Crippen molar-refractivity contribution in [2.45, 2.75) is 19.5 Å². The number of methoxy groups -OCH3 is 2. The number of aromatic amines is 2. The molecule has 1 aliphatic heterocycles. The Kier molecular flexibility index (Phi) is 4.44. The number of nitrogens with one attached hydrogen (secondary N) is 2. The van der Waals surface area contributed by atoms with E-state index in [4.69, 9.17) is 21.7 Å². The van der Waals surface area contributed by atoms with E-state index in [1.54, 1.807) is 20.3 Å². The van der Waals surface area contributed by atoms with Crippen molar-refractivity contribution in [1.29, 1.82) is 0 Å². The van der Waals surface area contributed by atoms with Gasteiger partial charge in [0.25, 0.3) is 5.56 Å². The number of ether oxygens (including phenoxy) is 2. The van der Waals surface area contributed by atoms with Crippen LogP contribution < -0.4 is 15.0 Å². The topological polar surface area (TPSA) is 83.2 Å². The minimum absolute atomic E-state index is 0.117. The first-order valence-corrected chi connectivity index (χ1v) is 7.66. The highest BCUT2D eigenvalue weighted by atomic mass is 32.1. The second-order valence-electron chi connectivity index (χ2n) is 5.35. The van der Waals surface area contributed by atoms with E-state index in [2.05, 4.69) is 19.9 Å². The van der Waals surface area contributed by atoms with Crippen molar-refractivity contribution < 1.29 is 9.47 Å². The molecule has 2 aromatic rings. The van der Waals surface area contributed by atoms with Gasteiger partial charge in [-0.05, 0) is 18.3 Å². The quantitative estimate of drug-likeness (QED) is 0.823. The first kappa shape index (κ1) is 15.7. The van der Waals surface area contributed by atoms with Crippen molar-refractivity contribution in [3.8, 4) is 11.8 Å². The number of pyridine rings is 1. The van der Waals surface area contributed by atoms with Crippen molar-refractivity contribution in [3.63, 3.8) is 0 Å². The van der Waals surface area contributed by atoms with Gasteiger partial charge < -0.3 is 14.5 Å². The zero-order valence-electron chi connectivity index (χ0n) is 13.0. The third-order valence-electron chi connectivity index (χ3n) is 3.90. The van der Waals surface area contributed by atoms with Crippen LogP contribution in [-0.2, 0) is 19.5 Å². The van der Waals surface area contributed by atoms with Crippen molar-refractivity contribution in [2.24, 2.45) is 0 Å². The first-order valence-electron chi connectivity index (χ1n) is 7.25. The smallest absolute Gasteiger partial charge is 0.256 e. The predicted octanol–water partition coefficient (Wildman–Crippen LogP) is 1.40. The van der Waals surface area contributed by atoms with Crippen molar-refractivity contribution in [3.05, 3.63) is 44.1 Å². The molecule has 122 valence electrons. The minimum Gasteiger partial charge on any atom is -0.481 e. The maximum absolute atomic E-state index is 12.1. The zero-order chi connectivity index (χ0) is 16.4. The van der Waals surface area contributed by atoms with Gasteiger partial charge in [0.1, 0.15) is 0 Å². The van der Waals surface area contributed by atoms with Gasteiger partial charge in [0, 0.05) is 43.4 Å². The minimum atomic E-state index is -0.117. The van der Waals surface area contributed by atoms with Crippen molar-refractivity contribution in [2.75, 3.05) is 20.8 Å². The van der Waals surface area contributed by atoms with Crippen LogP contribution in [0.1, 0.15) is 16.8 Å². The molecular weight excluding hydrogens is 316 g/mol. The summed E-state index contributed by atoms with van der Waals surface area (Å²) in [5.41, 5.74) is 2.51. The summed E-state index contributed by atoms with van der Waals surface area (Å²) in [6, 6.07) is 3.74. The van der Waals surface area contributed by atoms with E-state index in [0.29, 0.717) is 29.6 Å². The van der Waals surface area contributed by atoms with E-state index < -0.39 is 0 Å². The van der Waals surface area contributed by atoms with E-state index in [1.807, 2.05) is 6.07 Å². The molecule has 0 radical (unpaired) electrons.